The van der Waals surface area contributed by atoms with E-state index in [1.165, 1.54) is 36.4 Å². The predicted octanol–water partition coefficient (Wildman–Crippen LogP) is 3.89. The van der Waals surface area contributed by atoms with Crippen LogP contribution in [0.15, 0.2) is 42.5 Å². The molecule has 0 aliphatic carbocycles. The van der Waals surface area contributed by atoms with Crippen molar-refractivity contribution in [3.63, 3.8) is 0 Å². The average molecular weight is 342 g/mol. The average Bonchev–Trinajstić information content (AvgIpc) is 2.46. The van der Waals surface area contributed by atoms with Crippen LogP contribution in [0.3, 0.4) is 0 Å². The van der Waals surface area contributed by atoms with E-state index in [1.54, 1.807) is 6.07 Å². The number of nitro benzene ring substituents is 1. The molecule has 0 aromatic heterocycles. The summed E-state index contributed by atoms with van der Waals surface area (Å²) in [5, 5.41) is 11.5. The van der Waals surface area contributed by atoms with E-state index in [0.29, 0.717) is 5.02 Å². The van der Waals surface area contributed by atoms with E-state index in [4.69, 9.17) is 32.7 Å². The molecule has 0 aliphatic rings. The number of esters is 1. The zero-order valence-corrected chi connectivity index (χ0v) is 12.5. The number of carbonyl (C=O) groups is 1. The third-order valence-corrected chi connectivity index (χ3v) is 3.06. The quantitative estimate of drug-likeness (QED) is 0.357. The van der Waals surface area contributed by atoms with E-state index in [1.807, 2.05) is 0 Å². The first-order valence-corrected chi connectivity index (χ1v) is 6.75. The standard InChI is InChI=1S/C14H9Cl2NO5/c15-9-5-6-12(10(16)7-9)21-8-14(18)22-13-4-2-1-3-11(13)17(19)20/h1-7H,8H2. The topological polar surface area (TPSA) is 78.7 Å². The zero-order valence-electron chi connectivity index (χ0n) is 11.0. The number of nitrogens with zero attached hydrogens (tertiary/aromatic N) is 1. The summed E-state index contributed by atoms with van der Waals surface area (Å²) in [4.78, 5) is 21.9. The van der Waals surface area contributed by atoms with Crippen LogP contribution in [0.4, 0.5) is 5.69 Å². The van der Waals surface area contributed by atoms with Crippen LogP contribution in [0.1, 0.15) is 0 Å². The Morgan fingerprint density at radius 1 is 1.14 bits per heavy atom. The van der Waals surface area contributed by atoms with Crippen molar-refractivity contribution >= 4 is 34.9 Å². The Morgan fingerprint density at radius 2 is 1.86 bits per heavy atom. The van der Waals surface area contributed by atoms with E-state index in [2.05, 4.69) is 0 Å². The molecule has 114 valence electrons. The minimum absolute atomic E-state index is 0.150. The van der Waals surface area contributed by atoms with Crippen molar-refractivity contribution in [1.29, 1.82) is 0 Å². The van der Waals surface area contributed by atoms with Crippen molar-refractivity contribution in [3.05, 3.63) is 62.6 Å². The third-order valence-electron chi connectivity index (χ3n) is 2.53. The van der Waals surface area contributed by atoms with Crippen molar-refractivity contribution in [3.8, 4) is 11.5 Å². The number of para-hydroxylation sites is 2. The number of halogens is 2. The molecule has 0 amide bonds. The van der Waals surface area contributed by atoms with Gasteiger partial charge in [-0.2, -0.15) is 0 Å². The summed E-state index contributed by atoms with van der Waals surface area (Å²) in [6.07, 6.45) is 0. The summed E-state index contributed by atoms with van der Waals surface area (Å²) in [5.41, 5.74) is -0.305. The molecule has 22 heavy (non-hydrogen) atoms. The van der Waals surface area contributed by atoms with Gasteiger partial charge in [-0.15, -0.1) is 0 Å². The number of nitro groups is 1. The molecule has 0 bridgehead atoms. The maximum Gasteiger partial charge on any atom is 0.349 e. The molecule has 6 nitrogen and oxygen atoms in total. The van der Waals surface area contributed by atoms with Gasteiger partial charge in [0.2, 0.25) is 5.75 Å². The molecule has 0 N–H and O–H groups in total. The summed E-state index contributed by atoms with van der Waals surface area (Å²) in [5.74, 6) is -0.686. The molecule has 2 aromatic carbocycles. The Morgan fingerprint density at radius 3 is 2.55 bits per heavy atom. The third kappa shape index (κ3) is 4.09. The van der Waals surface area contributed by atoms with Crippen LogP contribution in [0.25, 0.3) is 0 Å². The van der Waals surface area contributed by atoms with Crippen LogP contribution in [-0.2, 0) is 4.79 Å². The highest BCUT2D eigenvalue weighted by Crippen LogP contribution is 2.28. The van der Waals surface area contributed by atoms with Crippen molar-refractivity contribution in [2.75, 3.05) is 6.61 Å². The minimum atomic E-state index is -0.791. The molecule has 2 rings (SSSR count). The maximum atomic E-state index is 11.7. The van der Waals surface area contributed by atoms with Gasteiger partial charge in [-0.05, 0) is 24.3 Å². The molecule has 0 radical (unpaired) electrons. The first-order valence-electron chi connectivity index (χ1n) is 5.99. The molecule has 0 unspecified atom stereocenters. The second kappa shape index (κ2) is 7.11. The molecular formula is C14H9Cl2NO5. The summed E-state index contributed by atoms with van der Waals surface area (Å²) in [6.45, 7) is -0.451. The van der Waals surface area contributed by atoms with Gasteiger partial charge in [0, 0.05) is 11.1 Å². The molecule has 0 spiro atoms. The van der Waals surface area contributed by atoms with Crippen molar-refractivity contribution in [1.82, 2.24) is 0 Å². The van der Waals surface area contributed by atoms with E-state index in [9.17, 15) is 14.9 Å². The lowest BCUT2D eigenvalue weighted by atomic mass is 10.3. The van der Waals surface area contributed by atoms with E-state index < -0.39 is 17.5 Å². The highest BCUT2D eigenvalue weighted by atomic mass is 35.5. The van der Waals surface area contributed by atoms with Gasteiger partial charge in [0.05, 0.1) is 9.95 Å². The van der Waals surface area contributed by atoms with Crippen LogP contribution < -0.4 is 9.47 Å². The molecule has 0 aliphatic heterocycles. The molecule has 2 aromatic rings. The monoisotopic (exact) mass is 341 g/mol. The number of ether oxygens (including phenoxy) is 2. The molecule has 0 atom stereocenters. The second-order valence-corrected chi connectivity index (χ2v) is 4.91. The first-order chi connectivity index (χ1) is 10.5. The van der Waals surface area contributed by atoms with Crippen molar-refractivity contribution < 1.29 is 19.2 Å². The van der Waals surface area contributed by atoms with Crippen LogP contribution in [0, 0.1) is 10.1 Å². The Hall–Kier alpha value is -2.31. The number of rotatable bonds is 5. The zero-order chi connectivity index (χ0) is 16.1. The lowest BCUT2D eigenvalue weighted by Crippen LogP contribution is -2.18. The number of carbonyl (C=O) groups excluding carboxylic acids is 1. The smallest absolute Gasteiger partial charge is 0.349 e. The van der Waals surface area contributed by atoms with Crippen LogP contribution >= 0.6 is 23.2 Å². The van der Waals surface area contributed by atoms with Gasteiger partial charge in [-0.3, -0.25) is 10.1 Å². The highest BCUT2D eigenvalue weighted by molar-refractivity contribution is 6.35. The summed E-state index contributed by atoms with van der Waals surface area (Å²) in [6, 6.07) is 10.1. The predicted molar refractivity (Wildman–Crippen MR) is 80.7 cm³/mol. The molecule has 0 saturated carbocycles. The fraction of sp³-hybridized carbons (Fsp3) is 0.0714. The fourth-order valence-electron chi connectivity index (χ4n) is 1.58. The van der Waals surface area contributed by atoms with Crippen molar-refractivity contribution in [2.24, 2.45) is 0 Å². The molecule has 0 saturated heterocycles. The lowest BCUT2D eigenvalue weighted by Gasteiger charge is -2.08. The highest BCUT2D eigenvalue weighted by Gasteiger charge is 2.17. The van der Waals surface area contributed by atoms with Crippen LogP contribution in [0.5, 0.6) is 11.5 Å². The number of benzene rings is 2. The fourth-order valence-corrected chi connectivity index (χ4v) is 2.04. The number of hydrogen-bond donors (Lipinski definition) is 0. The minimum Gasteiger partial charge on any atom is -0.480 e. The van der Waals surface area contributed by atoms with Crippen molar-refractivity contribution in [2.45, 2.75) is 0 Å². The molecule has 0 heterocycles. The lowest BCUT2D eigenvalue weighted by molar-refractivity contribution is -0.385. The second-order valence-electron chi connectivity index (χ2n) is 4.06. The first kappa shape index (κ1) is 16.1. The SMILES string of the molecule is O=C(COc1ccc(Cl)cc1Cl)Oc1ccccc1[N+](=O)[O-]. The number of hydrogen-bond acceptors (Lipinski definition) is 5. The molecule has 8 heteroatoms. The maximum absolute atomic E-state index is 11.7. The van der Waals surface area contributed by atoms with Gasteiger partial charge < -0.3 is 9.47 Å². The van der Waals surface area contributed by atoms with Crippen LogP contribution in [-0.4, -0.2) is 17.5 Å². The Labute approximate surface area is 135 Å². The van der Waals surface area contributed by atoms with Gasteiger partial charge in [-0.25, -0.2) is 4.79 Å². The van der Waals surface area contributed by atoms with Gasteiger partial charge >= 0.3 is 11.7 Å². The Kier molecular flexibility index (Phi) is 5.19. The largest absolute Gasteiger partial charge is 0.480 e. The molecular weight excluding hydrogens is 333 g/mol. The summed E-state index contributed by atoms with van der Waals surface area (Å²) >= 11 is 11.6. The van der Waals surface area contributed by atoms with E-state index in [0.717, 1.165) is 0 Å². The Balaban J connectivity index is 2.00. The van der Waals surface area contributed by atoms with Gasteiger partial charge in [0.15, 0.2) is 6.61 Å². The van der Waals surface area contributed by atoms with E-state index >= 15 is 0 Å². The van der Waals surface area contributed by atoms with Crippen LogP contribution in [0.2, 0.25) is 10.0 Å². The Bertz CT molecular complexity index is 720. The van der Waals surface area contributed by atoms with Gasteiger partial charge in [0.1, 0.15) is 5.75 Å². The summed E-state index contributed by atoms with van der Waals surface area (Å²) in [7, 11) is 0. The molecule has 0 fully saturated rings. The summed E-state index contributed by atoms with van der Waals surface area (Å²) < 4.78 is 10.1. The van der Waals surface area contributed by atoms with Gasteiger partial charge in [-0.1, -0.05) is 35.3 Å². The van der Waals surface area contributed by atoms with E-state index in [-0.39, 0.29) is 22.2 Å². The van der Waals surface area contributed by atoms with Gasteiger partial charge in [0.25, 0.3) is 0 Å². The normalized spacial score (nSPS) is 10.1.